The number of nitrogens with one attached hydrogen (secondary N) is 1. The zero-order chi connectivity index (χ0) is 13.6. The van der Waals surface area contributed by atoms with Crippen LogP contribution in [0.25, 0.3) is 0 Å². The Balaban J connectivity index is 1.83. The second-order valence-electron chi connectivity index (χ2n) is 5.18. The number of fused-ring (bicyclic) bond motifs is 1. The third kappa shape index (κ3) is 2.34. The summed E-state index contributed by atoms with van der Waals surface area (Å²) in [4.78, 5) is 0. The van der Waals surface area contributed by atoms with Gasteiger partial charge in [0.1, 0.15) is 0 Å². The molecule has 1 nitrogen and oxygen atoms in total. The SMILES string of the molecule is FC(F)(F)c1cc(Cl)ccc1NC1CC2CC=CC21. The van der Waals surface area contributed by atoms with Crippen LogP contribution in [0.3, 0.4) is 0 Å². The van der Waals surface area contributed by atoms with Gasteiger partial charge in [0.2, 0.25) is 0 Å². The molecular weight excluding hydrogens is 275 g/mol. The molecule has 3 unspecified atom stereocenters. The topological polar surface area (TPSA) is 12.0 Å². The van der Waals surface area contributed by atoms with E-state index in [9.17, 15) is 13.2 Å². The van der Waals surface area contributed by atoms with Gasteiger partial charge in [-0.05, 0) is 37.0 Å². The highest BCUT2D eigenvalue weighted by molar-refractivity contribution is 6.30. The van der Waals surface area contributed by atoms with Crippen molar-refractivity contribution >= 4 is 17.3 Å². The molecule has 3 rings (SSSR count). The van der Waals surface area contributed by atoms with Gasteiger partial charge < -0.3 is 5.32 Å². The summed E-state index contributed by atoms with van der Waals surface area (Å²) >= 11 is 5.66. The number of hydrogen-bond donors (Lipinski definition) is 1. The van der Waals surface area contributed by atoms with Crippen LogP contribution < -0.4 is 5.32 Å². The van der Waals surface area contributed by atoms with Crippen molar-refractivity contribution in [2.75, 3.05) is 5.32 Å². The Morgan fingerprint density at radius 3 is 2.74 bits per heavy atom. The summed E-state index contributed by atoms with van der Waals surface area (Å²) in [5.74, 6) is 0.982. The number of halogens is 4. The predicted octanol–water partition coefficient (Wildman–Crippen LogP) is 4.74. The van der Waals surface area contributed by atoms with Crippen molar-refractivity contribution in [1.29, 1.82) is 0 Å². The van der Waals surface area contributed by atoms with Crippen molar-refractivity contribution < 1.29 is 13.2 Å². The third-order valence-electron chi connectivity index (χ3n) is 3.99. The minimum Gasteiger partial charge on any atom is -0.381 e. The van der Waals surface area contributed by atoms with Gasteiger partial charge in [-0.1, -0.05) is 23.8 Å². The van der Waals surface area contributed by atoms with Gasteiger partial charge in [0.15, 0.2) is 0 Å². The molecule has 0 spiro atoms. The van der Waals surface area contributed by atoms with E-state index in [1.54, 1.807) is 0 Å². The lowest BCUT2D eigenvalue weighted by atomic mass is 9.71. The van der Waals surface area contributed by atoms with Gasteiger partial charge in [-0.2, -0.15) is 13.2 Å². The molecule has 2 aliphatic rings. The van der Waals surface area contributed by atoms with Crippen LogP contribution in [0.4, 0.5) is 18.9 Å². The molecule has 0 bridgehead atoms. The molecule has 1 aromatic rings. The Kier molecular flexibility index (Phi) is 3.01. The van der Waals surface area contributed by atoms with Crippen LogP contribution in [-0.2, 0) is 6.18 Å². The van der Waals surface area contributed by atoms with Crippen LogP contribution in [0.2, 0.25) is 5.02 Å². The Morgan fingerprint density at radius 1 is 1.26 bits per heavy atom. The summed E-state index contributed by atoms with van der Waals surface area (Å²) in [6.45, 7) is 0. The molecule has 0 saturated heterocycles. The second kappa shape index (κ2) is 4.44. The smallest absolute Gasteiger partial charge is 0.381 e. The van der Waals surface area contributed by atoms with E-state index >= 15 is 0 Å². The molecule has 0 amide bonds. The van der Waals surface area contributed by atoms with Gasteiger partial charge in [0.05, 0.1) is 5.56 Å². The van der Waals surface area contributed by atoms with E-state index in [1.165, 1.54) is 12.1 Å². The monoisotopic (exact) mass is 287 g/mol. The van der Waals surface area contributed by atoms with Gasteiger partial charge in [0, 0.05) is 22.7 Å². The van der Waals surface area contributed by atoms with Crippen molar-refractivity contribution in [1.82, 2.24) is 0 Å². The van der Waals surface area contributed by atoms with E-state index in [0.717, 1.165) is 18.9 Å². The van der Waals surface area contributed by atoms with Crippen LogP contribution in [0.1, 0.15) is 18.4 Å². The molecule has 1 aromatic carbocycles. The Hall–Kier alpha value is -1.16. The van der Waals surface area contributed by atoms with Gasteiger partial charge in [-0.25, -0.2) is 0 Å². The highest BCUT2D eigenvalue weighted by atomic mass is 35.5. The minimum absolute atomic E-state index is 0.102. The molecule has 102 valence electrons. The average molecular weight is 288 g/mol. The third-order valence-corrected chi connectivity index (χ3v) is 4.23. The van der Waals surface area contributed by atoms with Crippen LogP contribution in [0.15, 0.2) is 30.4 Å². The van der Waals surface area contributed by atoms with Crippen LogP contribution in [0.5, 0.6) is 0 Å². The maximum atomic E-state index is 13.0. The molecule has 5 heteroatoms. The number of rotatable bonds is 2. The summed E-state index contributed by atoms with van der Waals surface area (Å²) < 4.78 is 38.9. The largest absolute Gasteiger partial charge is 0.418 e. The molecule has 19 heavy (non-hydrogen) atoms. The molecule has 0 heterocycles. The maximum absolute atomic E-state index is 13.0. The lowest BCUT2D eigenvalue weighted by molar-refractivity contribution is -0.137. The molecule has 2 aliphatic carbocycles. The Bertz CT molecular complexity index is 524. The van der Waals surface area contributed by atoms with Gasteiger partial charge >= 0.3 is 6.18 Å². The maximum Gasteiger partial charge on any atom is 0.418 e. The fourth-order valence-electron chi connectivity index (χ4n) is 2.96. The molecule has 0 aliphatic heterocycles. The second-order valence-corrected chi connectivity index (χ2v) is 5.61. The Morgan fingerprint density at radius 2 is 2.05 bits per heavy atom. The van der Waals surface area contributed by atoms with Gasteiger partial charge in [-0.15, -0.1) is 0 Å². The number of benzene rings is 1. The van der Waals surface area contributed by atoms with Crippen molar-refractivity contribution in [2.45, 2.75) is 25.1 Å². The lowest BCUT2D eigenvalue weighted by Gasteiger charge is -2.41. The van der Waals surface area contributed by atoms with Crippen LogP contribution >= 0.6 is 11.6 Å². The van der Waals surface area contributed by atoms with E-state index in [4.69, 9.17) is 11.6 Å². The lowest BCUT2D eigenvalue weighted by Crippen LogP contribution is -2.43. The fraction of sp³-hybridized carbons (Fsp3) is 0.429. The summed E-state index contributed by atoms with van der Waals surface area (Å²) in [5.41, 5.74) is -0.564. The van der Waals surface area contributed by atoms with E-state index < -0.39 is 11.7 Å². The first-order valence-corrected chi connectivity index (χ1v) is 6.63. The minimum atomic E-state index is -4.39. The zero-order valence-corrected chi connectivity index (χ0v) is 10.8. The molecular formula is C14H13ClF3N. The highest BCUT2D eigenvalue weighted by Crippen LogP contribution is 2.45. The van der Waals surface area contributed by atoms with Crippen LogP contribution in [0, 0.1) is 11.8 Å². The number of alkyl halides is 3. The van der Waals surface area contributed by atoms with Crippen LogP contribution in [-0.4, -0.2) is 6.04 Å². The molecule has 3 atom stereocenters. The summed E-state index contributed by atoms with van der Waals surface area (Å²) in [6, 6.07) is 3.98. The molecule has 0 aromatic heterocycles. The first-order valence-electron chi connectivity index (χ1n) is 6.25. The normalized spacial score (nSPS) is 28.9. The van der Waals surface area contributed by atoms with Gasteiger partial charge in [-0.3, -0.25) is 0 Å². The predicted molar refractivity (Wildman–Crippen MR) is 69.2 cm³/mol. The average Bonchev–Trinajstić information content (AvgIpc) is 2.68. The zero-order valence-electron chi connectivity index (χ0n) is 10.0. The van der Waals surface area contributed by atoms with Crippen molar-refractivity contribution in [3.8, 4) is 0 Å². The summed E-state index contributed by atoms with van der Waals surface area (Å²) in [7, 11) is 0. The van der Waals surface area contributed by atoms with E-state index in [0.29, 0.717) is 11.8 Å². The van der Waals surface area contributed by atoms with E-state index in [1.807, 2.05) is 0 Å². The Labute approximate surface area is 114 Å². The van der Waals surface area contributed by atoms with E-state index in [2.05, 4.69) is 17.5 Å². The highest BCUT2D eigenvalue weighted by Gasteiger charge is 2.42. The van der Waals surface area contributed by atoms with Crippen molar-refractivity contribution in [3.05, 3.63) is 40.9 Å². The standard InChI is InChI=1S/C14H13ClF3N/c15-9-4-5-12(11(7-9)14(16,17)18)19-13-6-8-2-1-3-10(8)13/h1,3-5,7-8,10,13,19H,2,6H2. The van der Waals surface area contributed by atoms with E-state index in [-0.39, 0.29) is 16.8 Å². The number of allylic oxidation sites excluding steroid dienone is 1. The first-order chi connectivity index (χ1) is 8.95. The molecule has 1 fully saturated rings. The molecule has 1 N–H and O–H groups in total. The summed E-state index contributed by atoms with van der Waals surface area (Å²) in [6.07, 6.45) is 1.81. The summed E-state index contributed by atoms with van der Waals surface area (Å²) in [5, 5.41) is 3.12. The quantitative estimate of drug-likeness (QED) is 0.775. The molecule has 1 saturated carbocycles. The van der Waals surface area contributed by atoms with Crippen molar-refractivity contribution in [3.63, 3.8) is 0 Å². The number of anilines is 1. The fourth-order valence-corrected chi connectivity index (χ4v) is 3.13. The first kappa shape index (κ1) is 12.9. The molecule has 0 radical (unpaired) electrons. The van der Waals surface area contributed by atoms with Gasteiger partial charge in [0.25, 0.3) is 0 Å². The number of hydrogen-bond acceptors (Lipinski definition) is 1. The van der Waals surface area contributed by atoms with Crippen molar-refractivity contribution in [2.24, 2.45) is 11.8 Å².